The molecule has 0 bridgehead atoms. The predicted octanol–water partition coefficient (Wildman–Crippen LogP) is 2.14. The van der Waals surface area contributed by atoms with Crippen molar-refractivity contribution in [2.24, 2.45) is 0 Å². The maximum absolute atomic E-state index is 12.9. The molecule has 2 aromatic carbocycles. The van der Waals surface area contributed by atoms with E-state index < -0.39 is 22.1 Å². The van der Waals surface area contributed by atoms with Gasteiger partial charge in [-0.1, -0.05) is 18.2 Å². The molecule has 3 rings (SSSR count). The molecule has 1 atom stereocenters. The Morgan fingerprint density at radius 1 is 1.13 bits per heavy atom. The Labute approximate surface area is 182 Å². The third-order valence-electron chi connectivity index (χ3n) is 5.01. The van der Waals surface area contributed by atoms with Crippen LogP contribution in [0.15, 0.2) is 53.4 Å². The lowest BCUT2D eigenvalue weighted by atomic mass is 10.0. The molecule has 1 aliphatic heterocycles. The average Bonchev–Trinajstić information content (AvgIpc) is 2.78. The Bertz CT molecular complexity index is 1040. The maximum atomic E-state index is 12.9. The van der Waals surface area contributed by atoms with E-state index >= 15 is 0 Å². The minimum absolute atomic E-state index is 0.0224. The van der Waals surface area contributed by atoms with Gasteiger partial charge in [-0.3, -0.25) is 4.79 Å². The molecule has 31 heavy (non-hydrogen) atoms. The van der Waals surface area contributed by atoms with Crippen LogP contribution in [0.3, 0.4) is 0 Å². The molecule has 166 valence electrons. The third kappa shape index (κ3) is 5.49. The fourth-order valence-electron chi connectivity index (χ4n) is 3.39. The van der Waals surface area contributed by atoms with Gasteiger partial charge >= 0.3 is 5.97 Å². The topological polar surface area (TPSA) is 102 Å². The quantitative estimate of drug-likeness (QED) is 0.492. The molecule has 1 aliphatic rings. The first-order valence-electron chi connectivity index (χ1n) is 10.0. The van der Waals surface area contributed by atoms with Gasteiger partial charge in [0.05, 0.1) is 17.1 Å². The van der Waals surface area contributed by atoms with E-state index in [1.165, 1.54) is 38.3 Å². The van der Waals surface area contributed by atoms with Crippen molar-refractivity contribution < 1.29 is 27.5 Å². The zero-order valence-electron chi connectivity index (χ0n) is 17.5. The van der Waals surface area contributed by atoms with E-state index in [1.807, 2.05) is 24.3 Å². The van der Waals surface area contributed by atoms with Gasteiger partial charge in [0, 0.05) is 25.9 Å². The predicted molar refractivity (Wildman–Crippen MR) is 116 cm³/mol. The lowest BCUT2D eigenvalue weighted by molar-refractivity contribution is -0.126. The summed E-state index contributed by atoms with van der Waals surface area (Å²) in [6.45, 7) is 2.50. The highest BCUT2D eigenvalue weighted by Crippen LogP contribution is 2.27. The van der Waals surface area contributed by atoms with Gasteiger partial charge in [-0.15, -0.1) is 0 Å². The summed E-state index contributed by atoms with van der Waals surface area (Å²) in [5.74, 6) is -0.982. The number of methoxy groups -OCH3 is 1. The smallest absolute Gasteiger partial charge is 0.338 e. The van der Waals surface area contributed by atoms with Crippen LogP contribution < -0.4 is 9.62 Å². The normalized spacial score (nSPS) is 14.6. The first-order chi connectivity index (χ1) is 14.8. The fourth-order valence-corrected chi connectivity index (χ4v) is 4.41. The fraction of sp³-hybridized carbons (Fsp3) is 0.364. The molecule has 0 saturated heterocycles. The Hall–Kier alpha value is -2.75. The summed E-state index contributed by atoms with van der Waals surface area (Å²) in [6.07, 6.45) is 0.777. The first-order valence-corrected chi connectivity index (χ1v) is 11.5. The Kier molecular flexibility index (Phi) is 7.42. The lowest BCUT2D eigenvalue weighted by Crippen LogP contribution is -2.42. The van der Waals surface area contributed by atoms with E-state index in [2.05, 4.69) is 4.72 Å². The van der Waals surface area contributed by atoms with Gasteiger partial charge in [-0.2, -0.15) is 0 Å². The summed E-state index contributed by atoms with van der Waals surface area (Å²) in [7, 11) is -2.22. The minimum atomic E-state index is -3.70. The number of rotatable bonds is 8. The van der Waals surface area contributed by atoms with Crippen molar-refractivity contribution >= 4 is 27.6 Å². The molecular formula is C22H26N2O6S. The summed E-state index contributed by atoms with van der Waals surface area (Å²) in [4.78, 5) is 27.0. The molecule has 0 radical (unpaired) electrons. The number of fused-ring (bicyclic) bond motifs is 1. The Balaban J connectivity index is 1.64. The number of hydrogen-bond acceptors (Lipinski definition) is 6. The van der Waals surface area contributed by atoms with Crippen molar-refractivity contribution in [3.05, 3.63) is 59.7 Å². The number of para-hydroxylation sites is 1. The van der Waals surface area contributed by atoms with Gasteiger partial charge in [-0.25, -0.2) is 17.9 Å². The molecule has 0 saturated carbocycles. The van der Waals surface area contributed by atoms with Gasteiger partial charge < -0.3 is 14.4 Å². The molecule has 0 fully saturated rings. The van der Waals surface area contributed by atoms with Crippen LogP contribution in [0.25, 0.3) is 0 Å². The number of anilines is 1. The van der Waals surface area contributed by atoms with Crippen molar-refractivity contribution in [3.8, 4) is 0 Å². The number of ether oxygens (including phenoxy) is 2. The zero-order valence-corrected chi connectivity index (χ0v) is 18.4. The van der Waals surface area contributed by atoms with E-state index in [1.54, 1.807) is 4.90 Å². The standard InChI is InChI=1S/C22H26N2O6S/c1-16(21(25)24-14-5-7-17-6-3-4-8-20(17)24)30-22(26)18-9-11-19(12-10-18)31(27,28)23-13-15-29-2/h3-4,6,8-12,16,23H,5,7,13-15H2,1-2H3/t16-/m0/s1. The molecule has 1 N–H and O–H groups in total. The lowest BCUT2D eigenvalue weighted by Gasteiger charge is -2.31. The molecule has 9 heteroatoms. The zero-order chi connectivity index (χ0) is 22.4. The number of nitrogens with zero attached hydrogens (tertiary/aromatic N) is 1. The molecule has 8 nitrogen and oxygen atoms in total. The number of hydrogen-bond donors (Lipinski definition) is 1. The summed E-state index contributed by atoms with van der Waals surface area (Å²) < 4.78 is 37.0. The maximum Gasteiger partial charge on any atom is 0.338 e. The second-order valence-corrected chi connectivity index (χ2v) is 8.95. The van der Waals surface area contributed by atoms with Crippen LogP contribution in [0.1, 0.15) is 29.3 Å². The van der Waals surface area contributed by atoms with E-state index in [0.29, 0.717) is 6.54 Å². The second-order valence-electron chi connectivity index (χ2n) is 7.18. The van der Waals surface area contributed by atoms with E-state index in [9.17, 15) is 18.0 Å². The van der Waals surface area contributed by atoms with Crippen molar-refractivity contribution in [1.29, 1.82) is 0 Å². The molecule has 1 amide bonds. The Morgan fingerprint density at radius 2 is 1.84 bits per heavy atom. The minimum Gasteiger partial charge on any atom is -0.449 e. The highest BCUT2D eigenvalue weighted by atomic mass is 32.2. The van der Waals surface area contributed by atoms with Crippen LogP contribution in [0.5, 0.6) is 0 Å². The number of carbonyl (C=O) groups excluding carboxylic acids is 2. The number of nitrogens with one attached hydrogen (secondary N) is 1. The molecule has 0 aliphatic carbocycles. The summed E-state index contributed by atoms with van der Waals surface area (Å²) in [5.41, 5.74) is 2.10. The number of sulfonamides is 1. The van der Waals surface area contributed by atoms with Gasteiger partial charge in [-0.05, 0) is 55.7 Å². The van der Waals surface area contributed by atoms with E-state index in [-0.39, 0.29) is 29.5 Å². The van der Waals surface area contributed by atoms with Crippen LogP contribution in [0.4, 0.5) is 5.69 Å². The van der Waals surface area contributed by atoms with Crippen LogP contribution in [-0.4, -0.2) is 53.2 Å². The number of amides is 1. The van der Waals surface area contributed by atoms with Crippen molar-refractivity contribution in [3.63, 3.8) is 0 Å². The molecule has 1 heterocycles. The van der Waals surface area contributed by atoms with Crippen molar-refractivity contribution in [2.45, 2.75) is 30.8 Å². The molecule has 2 aromatic rings. The number of carbonyl (C=O) groups is 2. The largest absolute Gasteiger partial charge is 0.449 e. The Morgan fingerprint density at radius 3 is 2.55 bits per heavy atom. The number of esters is 1. The van der Waals surface area contributed by atoms with Gasteiger partial charge in [0.15, 0.2) is 6.10 Å². The highest BCUT2D eigenvalue weighted by Gasteiger charge is 2.28. The van der Waals surface area contributed by atoms with Gasteiger partial charge in [0.25, 0.3) is 5.91 Å². The molecule has 0 unspecified atom stereocenters. The van der Waals surface area contributed by atoms with Gasteiger partial charge in [0.1, 0.15) is 0 Å². The van der Waals surface area contributed by atoms with E-state index in [4.69, 9.17) is 9.47 Å². The summed E-state index contributed by atoms with van der Waals surface area (Å²) in [6, 6.07) is 13.1. The summed E-state index contributed by atoms with van der Waals surface area (Å²) >= 11 is 0. The number of aryl methyl sites for hydroxylation is 1. The monoisotopic (exact) mass is 446 g/mol. The van der Waals surface area contributed by atoms with Crippen LogP contribution in [0.2, 0.25) is 0 Å². The molecular weight excluding hydrogens is 420 g/mol. The molecule has 0 aromatic heterocycles. The SMILES string of the molecule is COCCNS(=O)(=O)c1ccc(C(=O)O[C@@H](C)C(=O)N2CCCc3ccccc32)cc1. The van der Waals surface area contributed by atoms with Crippen molar-refractivity contribution in [1.82, 2.24) is 4.72 Å². The highest BCUT2D eigenvalue weighted by molar-refractivity contribution is 7.89. The second kappa shape index (κ2) is 10.0. The van der Waals surface area contributed by atoms with Crippen LogP contribution in [0, 0.1) is 0 Å². The molecule has 0 spiro atoms. The average molecular weight is 447 g/mol. The summed E-state index contributed by atoms with van der Waals surface area (Å²) in [5, 5.41) is 0. The first kappa shape index (κ1) is 22.9. The van der Waals surface area contributed by atoms with Crippen LogP contribution in [-0.2, 0) is 30.7 Å². The van der Waals surface area contributed by atoms with E-state index in [0.717, 1.165) is 24.1 Å². The van der Waals surface area contributed by atoms with Gasteiger partial charge in [0.2, 0.25) is 10.0 Å². The van der Waals surface area contributed by atoms with Crippen molar-refractivity contribution in [2.75, 3.05) is 31.7 Å². The number of benzene rings is 2. The third-order valence-corrected chi connectivity index (χ3v) is 6.48. The van der Waals surface area contributed by atoms with Crippen LogP contribution >= 0.6 is 0 Å².